The van der Waals surface area contributed by atoms with Crippen molar-refractivity contribution in [1.82, 2.24) is 0 Å². The summed E-state index contributed by atoms with van der Waals surface area (Å²) in [6.07, 6.45) is 2.97. The molecule has 5 heteroatoms. The molecule has 0 radical (unpaired) electrons. The van der Waals surface area contributed by atoms with Crippen LogP contribution in [0, 0.1) is 0 Å². The van der Waals surface area contributed by atoms with Gasteiger partial charge in [-0.1, -0.05) is 0 Å². The minimum absolute atomic E-state index is 0.355. The van der Waals surface area contributed by atoms with E-state index in [1.54, 1.807) is 0 Å². The molecule has 0 amide bonds. The molecule has 0 bridgehead atoms. The van der Waals surface area contributed by atoms with Gasteiger partial charge in [0.15, 0.2) is 11.5 Å². The standard InChI is InChI=1S/C8H6O5/c9-4-8(12)13-7-3-5(10)1-2-6(7)11/h1-3,9H,4H2. The number of rotatable bonds is 2. The zero-order valence-corrected chi connectivity index (χ0v) is 6.52. The molecule has 0 atom stereocenters. The fraction of sp³-hybridized carbons (Fsp3) is 0.125. The molecule has 1 aliphatic carbocycles. The van der Waals surface area contributed by atoms with Crippen LogP contribution in [0.15, 0.2) is 24.0 Å². The summed E-state index contributed by atoms with van der Waals surface area (Å²) in [5, 5.41) is 8.30. The van der Waals surface area contributed by atoms with Gasteiger partial charge in [-0.25, -0.2) is 4.79 Å². The SMILES string of the molecule is O=C1C=CC(=O)C(OC(=O)CO)=C1. The second-order valence-electron chi connectivity index (χ2n) is 2.24. The van der Waals surface area contributed by atoms with Gasteiger partial charge in [-0.15, -0.1) is 0 Å². The highest BCUT2D eigenvalue weighted by atomic mass is 16.6. The van der Waals surface area contributed by atoms with Gasteiger partial charge in [0.25, 0.3) is 0 Å². The number of hydrogen-bond acceptors (Lipinski definition) is 5. The van der Waals surface area contributed by atoms with Crippen molar-refractivity contribution in [2.75, 3.05) is 6.61 Å². The van der Waals surface area contributed by atoms with Crippen LogP contribution in [-0.4, -0.2) is 29.2 Å². The van der Waals surface area contributed by atoms with Crippen molar-refractivity contribution in [3.8, 4) is 0 Å². The van der Waals surface area contributed by atoms with E-state index in [-0.39, 0.29) is 5.76 Å². The van der Waals surface area contributed by atoms with Crippen LogP contribution in [-0.2, 0) is 19.1 Å². The molecule has 0 aromatic rings. The van der Waals surface area contributed by atoms with E-state index in [1.807, 2.05) is 0 Å². The molecule has 0 aromatic heterocycles. The number of allylic oxidation sites excluding steroid dienone is 3. The molecule has 0 heterocycles. The zero-order valence-electron chi connectivity index (χ0n) is 6.52. The van der Waals surface area contributed by atoms with E-state index in [9.17, 15) is 14.4 Å². The van der Waals surface area contributed by atoms with Crippen LogP contribution in [0.4, 0.5) is 0 Å². The first-order valence-electron chi connectivity index (χ1n) is 3.43. The van der Waals surface area contributed by atoms with Crippen molar-refractivity contribution in [2.24, 2.45) is 0 Å². The molecule has 68 valence electrons. The Bertz CT molecular complexity index is 323. The number of carbonyl (C=O) groups excluding carboxylic acids is 3. The van der Waals surface area contributed by atoms with E-state index in [0.717, 1.165) is 18.2 Å². The highest BCUT2D eigenvalue weighted by molar-refractivity contribution is 6.16. The summed E-state index contributed by atoms with van der Waals surface area (Å²) < 4.78 is 4.37. The van der Waals surface area contributed by atoms with Crippen LogP contribution in [0.25, 0.3) is 0 Å². The maximum Gasteiger partial charge on any atom is 0.337 e. The number of aliphatic hydroxyl groups excluding tert-OH is 1. The van der Waals surface area contributed by atoms with Crippen molar-refractivity contribution >= 4 is 17.5 Å². The molecule has 0 unspecified atom stereocenters. The highest BCUT2D eigenvalue weighted by Gasteiger charge is 2.17. The summed E-state index contributed by atoms with van der Waals surface area (Å²) >= 11 is 0. The largest absolute Gasteiger partial charge is 0.420 e. The molecule has 0 fully saturated rings. The Kier molecular flexibility index (Phi) is 2.71. The summed E-state index contributed by atoms with van der Waals surface area (Å²) in [7, 11) is 0. The van der Waals surface area contributed by atoms with Crippen LogP contribution in [0.5, 0.6) is 0 Å². The maximum atomic E-state index is 10.9. The van der Waals surface area contributed by atoms with E-state index in [2.05, 4.69) is 4.74 Å². The third kappa shape index (κ3) is 2.34. The fourth-order valence-corrected chi connectivity index (χ4v) is 0.723. The lowest BCUT2D eigenvalue weighted by Crippen LogP contribution is -2.16. The van der Waals surface area contributed by atoms with Crippen LogP contribution in [0.1, 0.15) is 0 Å². The van der Waals surface area contributed by atoms with Gasteiger partial charge in [0.2, 0.25) is 5.78 Å². The minimum Gasteiger partial charge on any atom is -0.420 e. The molecule has 0 spiro atoms. The lowest BCUT2D eigenvalue weighted by molar-refractivity contribution is -0.144. The van der Waals surface area contributed by atoms with E-state index in [4.69, 9.17) is 5.11 Å². The molecule has 0 saturated carbocycles. The van der Waals surface area contributed by atoms with Crippen molar-refractivity contribution in [3.63, 3.8) is 0 Å². The van der Waals surface area contributed by atoms with Gasteiger partial charge < -0.3 is 9.84 Å². The molecule has 13 heavy (non-hydrogen) atoms. The van der Waals surface area contributed by atoms with Gasteiger partial charge >= 0.3 is 5.97 Å². The van der Waals surface area contributed by atoms with Crippen molar-refractivity contribution in [2.45, 2.75) is 0 Å². The predicted molar refractivity (Wildman–Crippen MR) is 40.4 cm³/mol. The fourth-order valence-electron chi connectivity index (χ4n) is 0.723. The minimum atomic E-state index is -0.970. The maximum absolute atomic E-state index is 10.9. The second kappa shape index (κ2) is 3.77. The Morgan fingerprint density at radius 3 is 2.69 bits per heavy atom. The molecular formula is C8H6O5. The van der Waals surface area contributed by atoms with Crippen molar-refractivity contribution < 1.29 is 24.2 Å². The summed E-state index contributed by atoms with van der Waals surface area (Å²) in [5.74, 6) is -2.32. The molecular weight excluding hydrogens is 176 g/mol. The average molecular weight is 182 g/mol. The Morgan fingerprint density at radius 2 is 2.08 bits per heavy atom. The van der Waals surface area contributed by atoms with Crippen molar-refractivity contribution in [1.29, 1.82) is 0 Å². The lowest BCUT2D eigenvalue weighted by atomic mass is 10.1. The third-order valence-electron chi connectivity index (χ3n) is 1.27. The van der Waals surface area contributed by atoms with Gasteiger partial charge in [0.05, 0.1) is 0 Å². The first-order chi connectivity index (χ1) is 6.13. The molecule has 1 aliphatic rings. The Balaban J connectivity index is 2.74. The van der Waals surface area contributed by atoms with E-state index in [0.29, 0.717) is 0 Å². The Morgan fingerprint density at radius 1 is 1.38 bits per heavy atom. The first kappa shape index (κ1) is 9.34. The number of ketones is 2. The highest BCUT2D eigenvalue weighted by Crippen LogP contribution is 2.06. The van der Waals surface area contributed by atoms with E-state index in [1.165, 1.54) is 0 Å². The molecule has 5 nitrogen and oxygen atoms in total. The van der Waals surface area contributed by atoms with Gasteiger partial charge in [-0.2, -0.15) is 0 Å². The number of carbonyl (C=O) groups is 3. The number of aliphatic hydroxyl groups is 1. The summed E-state index contributed by atoms with van der Waals surface area (Å²) in [5.41, 5.74) is 0. The monoisotopic (exact) mass is 182 g/mol. The van der Waals surface area contributed by atoms with Crippen LogP contribution < -0.4 is 0 Å². The van der Waals surface area contributed by atoms with Crippen LogP contribution >= 0.6 is 0 Å². The van der Waals surface area contributed by atoms with Gasteiger partial charge in [-0.3, -0.25) is 9.59 Å². The molecule has 1 rings (SSSR count). The van der Waals surface area contributed by atoms with Gasteiger partial charge in [0, 0.05) is 6.08 Å². The lowest BCUT2D eigenvalue weighted by Gasteiger charge is -2.05. The van der Waals surface area contributed by atoms with Crippen molar-refractivity contribution in [3.05, 3.63) is 24.0 Å². The third-order valence-corrected chi connectivity index (χ3v) is 1.27. The quantitative estimate of drug-likeness (QED) is 0.442. The van der Waals surface area contributed by atoms with Gasteiger partial charge in [-0.05, 0) is 12.2 Å². The number of ether oxygens (including phenoxy) is 1. The van der Waals surface area contributed by atoms with Crippen LogP contribution in [0.3, 0.4) is 0 Å². The Hall–Kier alpha value is -1.75. The zero-order chi connectivity index (χ0) is 9.84. The predicted octanol–water partition coefficient (Wildman–Crippen LogP) is -0.886. The summed E-state index contributed by atoms with van der Waals surface area (Å²) in [4.78, 5) is 32.2. The molecule has 0 saturated heterocycles. The van der Waals surface area contributed by atoms with Crippen LogP contribution in [0.2, 0.25) is 0 Å². The normalized spacial score (nSPS) is 15.6. The molecule has 0 aromatic carbocycles. The van der Waals surface area contributed by atoms with E-state index >= 15 is 0 Å². The molecule has 0 aliphatic heterocycles. The second-order valence-corrected chi connectivity index (χ2v) is 2.24. The number of esters is 1. The summed E-state index contributed by atoms with van der Waals surface area (Å²) in [6.45, 7) is -0.831. The van der Waals surface area contributed by atoms with E-state index < -0.39 is 24.1 Å². The van der Waals surface area contributed by atoms with Gasteiger partial charge in [0.1, 0.15) is 6.61 Å². The summed E-state index contributed by atoms with van der Waals surface area (Å²) in [6, 6.07) is 0. The molecule has 1 N–H and O–H groups in total. The number of hydrogen-bond donors (Lipinski definition) is 1. The average Bonchev–Trinajstić information content (AvgIpc) is 2.11. The Labute approximate surface area is 73.3 Å². The first-order valence-corrected chi connectivity index (χ1v) is 3.43. The smallest absolute Gasteiger partial charge is 0.337 e. The topological polar surface area (TPSA) is 80.7 Å².